The predicted molar refractivity (Wildman–Crippen MR) is 89.3 cm³/mol. The van der Waals surface area contributed by atoms with Crippen LogP contribution in [0.4, 0.5) is 0 Å². The van der Waals surface area contributed by atoms with E-state index in [-0.39, 0.29) is 0 Å². The Labute approximate surface area is 128 Å². The SMILES string of the molecule is Cc1cccc(-c2ccc(CCC3(C)CCCC3)cn2)c1. The number of pyridine rings is 1. The molecule has 1 saturated carbocycles. The van der Waals surface area contributed by atoms with Crippen LogP contribution in [0.15, 0.2) is 42.6 Å². The number of benzene rings is 1. The Morgan fingerprint density at radius 2 is 1.90 bits per heavy atom. The lowest BCUT2D eigenvalue weighted by molar-refractivity contribution is 0.308. The molecule has 1 aliphatic carbocycles. The molecule has 1 aromatic heterocycles. The van der Waals surface area contributed by atoms with E-state index in [2.05, 4.69) is 61.4 Å². The molecule has 1 aliphatic rings. The van der Waals surface area contributed by atoms with Crippen LogP contribution < -0.4 is 0 Å². The summed E-state index contributed by atoms with van der Waals surface area (Å²) in [5.74, 6) is 0. The Bertz CT molecular complexity index is 591. The van der Waals surface area contributed by atoms with Crippen molar-refractivity contribution < 1.29 is 0 Å². The van der Waals surface area contributed by atoms with Crippen molar-refractivity contribution in [1.29, 1.82) is 0 Å². The van der Waals surface area contributed by atoms with E-state index < -0.39 is 0 Å². The van der Waals surface area contributed by atoms with Crippen molar-refractivity contribution in [3.05, 3.63) is 53.7 Å². The second-order valence-electron chi connectivity index (χ2n) is 6.94. The van der Waals surface area contributed by atoms with Crippen LogP contribution in [0, 0.1) is 12.3 Å². The van der Waals surface area contributed by atoms with Gasteiger partial charge in [-0.1, -0.05) is 49.6 Å². The Hall–Kier alpha value is -1.63. The van der Waals surface area contributed by atoms with Crippen LogP contribution in [0.25, 0.3) is 11.3 Å². The molecule has 0 amide bonds. The van der Waals surface area contributed by atoms with Crippen LogP contribution in [0.3, 0.4) is 0 Å². The quantitative estimate of drug-likeness (QED) is 0.713. The number of hydrogen-bond donors (Lipinski definition) is 0. The van der Waals surface area contributed by atoms with Gasteiger partial charge in [-0.05, 0) is 55.7 Å². The summed E-state index contributed by atoms with van der Waals surface area (Å²) in [5, 5.41) is 0. The summed E-state index contributed by atoms with van der Waals surface area (Å²) in [5.41, 5.74) is 5.53. The van der Waals surface area contributed by atoms with Gasteiger partial charge in [-0.2, -0.15) is 0 Å². The minimum absolute atomic E-state index is 0.579. The first-order valence-electron chi connectivity index (χ1n) is 8.17. The van der Waals surface area contributed by atoms with Crippen LogP contribution >= 0.6 is 0 Å². The fourth-order valence-electron chi connectivity index (χ4n) is 3.47. The van der Waals surface area contributed by atoms with E-state index in [1.54, 1.807) is 0 Å². The normalized spacial score (nSPS) is 17.0. The van der Waals surface area contributed by atoms with Gasteiger partial charge in [0.25, 0.3) is 0 Å². The fourth-order valence-corrected chi connectivity index (χ4v) is 3.47. The minimum atomic E-state index is 0.579. The van der Waals surface area contributed by atoms with Crippen LogP contribution in [0.1, 0.15) is 50.2 Å². The van der Waals surface area contributed by atoms with Crippen molar-refractivity contribution in [3.63, 3.8) is 0 Å². The zero-order valence-corrected chi connectivity index (χ0v) is 13.2. The van der Waals surface area contributed by atoms with Gasteiger partial charge < -0.3 is 0 Å². The molecular weight excluding hydrogens is 254 g/mol. The molecule has 1 heterocycles. The third-order valence-electron chi connectivity index (χ3n) is 4.97. The number of aryl methyl sites for hydroxylation is 2. The third kappa shape index (κ3) is 3.53. The average Bonchev–Trinajstić information content (AvgIpc) is 2.93. The van der Waals surface area contributed by atoms with Gasteiger partial charge in [0, 0.05) is 11.8 Å². The number of rotatable bonds is 4. The van der Waals surface area contributed by atoms with E-state index >= 15 is 0 Å². The monoisotopic (exact) mass is 279 g/mol. The molecular formula is C20H25N. The molecule has 0 unspecified atom stereocenters. The number of aromatic nitrogens is 1. The standard InChI is InChI=1S/C20H25N/c1-16-6-5-7-18(14-16)19-9-8-17(15-21-19)10-13-20(2)11-3-4-12-20/h5-9,14-15H,3-4,10-13H2,1-2H3. The van der Waals surface area contributed by atoms with Crippen LogP contribution in [0.2, 0.25) is 0 Å². The smallest absolute Gasteiger partial charge is 0.0702 e. The molecule has 0 radical (unpaired) electrons. The van der Waals surface area contributed by atoms with E-state index in [9.17, 15) is 0 Å². The summed E-state index contributed by atoms with van der Waals surface area (Å²) in [6.45, 7) is 4.58. The maximum Gasteiger partial charge on any atom is 0.0702 e. The lowest BCUT2D eigenvalue weighted by Gasteiger charge is -2.23. The number of hydrogen-bond acceptors (Lipinski definition) is 1. The summed E-state index contributed by atoms with van der Waals surface area (Å²) in [7, 11) is 0. The van der Waals surface area contributed by atoms with Gasteiger partial charge in [-0.3, -0.25) is 4.98 Å². The van der Waals surface area contributed by atoms with Gasteiger partial charge in [0.05, 0.1) is 5.69 Å². The van der Waals surface area contributed by atoms with Gasteiger partial charge >= 0.3 is 0 Å². The summed E-state index contributed by atoms with van der Waals surface area (Å²) in [4.78, 5) is 4.66. The first kappa shape index (κ1) is 14.3. The maximum absolute atomic E-state index is 4.66. The van der Waals surface area contributed by atoms with Crippen molar-refractivity contribution in [2.24, 2.45) is 5.41 Å². The second kappa shape index (κ2) is 6.01. The molecule has 1 heteroatoms. The van der Waals surface area contributed by atoms with Crippen molar-refractivity contribution >= 4 is 0 Å². The van der Waals surface area contributed by atoms with Gasteiger partial charge in [-0.15, -0.1) is 0 Å². The molecule has 0 bridgehead atoms. The van der Waals surface area contributed by atoms with E-state index in [1.165, 1.54) is 48.8 Å². The van der Waals surface area contributed by atoms with Crippen molar-refractivity contribution in [2.75, 3.05) is 0 Å². The van der Waals surface area contributed by atoms with Crippen LogP contribution in [-0.4, -0.2) is 4.98 Å². The zero-order chi connectivity index (χ0) is 14.7. The van der Waals surface area contributed by atoms with Crippen molar-refractivity contribution in [3.8, 4) is 11.3 Å². The summed E-state index contributed by atoms with van der Waals surface area (Å²) in [6.07, 6.45) is 10.2. The van der Waals surface area contributed by atoms with Gasteiger partial charge in [0.15, 0.2) is 0 Å². The number of nitrogens with zero attached hydrogens (tertiary/aromatic N) is 1. The van der Waals surface area contributed by atoms with E-state index in [4.69, 9.17) is 0 Å². The highest BCUT2D eigenvalue weighted by Gasteiger charge is 2.27. The summed E-state index contributed by atoms with van der Waals surface area (Å²) in [6, 6.07) is 13.0. The highest BCUT2D eigenvalue weighted by atomic mass is 14.7. The average molecular weight is 279 g/mol. The van der Waals surface area contributed by atoms with Gasteiger partial charge in [0.2, 0.25) is 0 Å². The minimum Gasteiger partial charge on any atom is -0.256 e. The molecule has 1 fully saturated rings. The second-order valence-corrected chi connectivity index (χ2v) is 6.94. The van der Waals surface area contributed by atoms with Crippen molar-refractivity contribution in [1.82, 2.24) is 4.98 Å². The molecule has 3 rings (SSSR count). The maximum atomic E-state index is 4.66. The van der Waals surface area contributed by atoms with Crippen molar-refractivity contribution in [2.45, 2.75) is 52.4 Å². The van der Waals surface area contributed by atoms with E-state index in [1.807, 2.05) is 0 Å². The Balaban J connectivity index is 1.67. The Kier molecular flexibility index (Phi) is 4.10. The van der Waals surface area contributed by atoms with Crippen LogP contribution in [0.5, 0.6) is 0 Å². The molecule has 0 saturated heterocycles. The van der Waals surface area contributed by atoms with E-state index in [0.29, 0.717) is 5.41 Å². The molecule has 0 aliphatic heterocycles. The first-order valence-corrected chi connectivity index (χ1v) is 8.17. The molecule has 21 heavy (non-hydrogen) atoms. The summed E-state index contributed by atoms with van der Waals surface area (Å²) >= 11 is 0. The Morgan fingerprint density at radius 1 is 1.10 bits per heavy atom. The van der Waals surface area contributed by atoms with Gasteiger partial charge in [0.1, 0.15) is 0 Å². The lowest BCUT2D eigenvalue weighted by Crippen LogP contribution is -2.11. The third-order valence-corrected chi connectivity index (χ3v) is 4.97. The first-order chi connectivity index (χ1) is 10.1. The molecule has 0 atom stereocenters. The molecule has 2 aromatic rings. The molecule has 110 valence electrons. The zero-order valence-electron chi connectivity index (χ0n) is 13.2. The molecule has 1 aromatic carbocycles. The predicted octanol–water partition coefficient (Wildman–Crippen LogP) is 5.57. The van der Waals surface area contributed by atoms with E-state index in [0.717, 1.165) is 12.1 Å². The highest BCUT2D eigenvalue weighted by Crippen LogP contribution is 2.41. The fraction of sp³-hybridized carbons (Fsp3) is 0.450. The largest absolute Gasteiger partial charge is 0.256 e. The van der Waals surface area contributed by atoms with Gasteiger partial charge in [-0.25, -0.2) is 0 Å². The van der Waals surface area contributed by atoms with Crippen LogP contribution in [-0.2, 0) is 6.42 Å². The summed E-state index contributed by atoms with van der Waals surface area (Å²) < 4.78 is 0. The molecule has 0 spiro atoms. The lowest BCUT2D eigenvalue weighted by atomic mass is 9.83. The molecule has 0 N–H and O–H groups in total. The highest BCUT2D eigenvalue weighted by molar-refractivity contribution is 5.59. The molecule has 1 nitrogen and oxygen atoms in total. The Morgan fingerprint density at radius 3 is 2.57 bits per heavy atom. The topological polar surface area (TPSA) is 12.9 Å².